The summed E-state index contributed by atoms with van der Waals surface area (Å²) in [4.78, 5) is 4.19. The topological polar surface area (TPSA) is 38.9 Å². The second-order valence-electron chi connectivity index (χ2n) is 3.16. The quantitative estimate of drug-likeness (QED) is 0.751. The summed E-state index contributed by atoms with van der Waals surface area (Å²) < 4.78 is 0. The zero-order valence-corrected chi connectivity index (χ0v) is 7.82. The van der Waals surface area contributed by atoms with Gasteiger partial charge in [0, 0.05) is 17.3 Å². The lowest BCUT2D eigenvalue weighted by atomic mass is 9.95. The molecular weight excluding hydrogens is 156 g/mol. The van der Waals surface area contributed by atoms with Gasteiger partial charge in [0.05, 0.1) is 11.2 Å². The lowest BCUT2D eigenvalue weighted by Gasteiger charge is -2.20. The van der Waals surface area contributed by atoms with Gasteiger partial charge in [0.2, 0.25) is 0 Å². The molecule has 1 aromatic heterocycles. The Morgan fingerprint density at radius 1 is 1.73 bits per heavy atom. The molecular formula is C8H14N2S. The molecule has 1 atom stereocenters. The molecule has 62 valence electrons. The van der Waals surface area contributed by atoms with E-state index in [-0.39, 0.29) is 5.54 Å². The molecule has 0 bridgehead atoms. The average Bonchev–Trinajstić information content (AvgIpc) is 2.39. The molecule has 0 fully saturated rings. The minimum absolute atomic E-state index is 0.0892. The normalized spacial score (nSPS) is 16.3. The molecule has 0 saturated heterocycles. The van der Waals surface area contributed by atoms with Crippen molar-refractivity contribution in [3.05, 3.63) is 16.6 Å². The van der Waals surface area contributed by atoms with Gasteiger partial charge in [-0.2, -0.15) is 0 Å². The monoisotopic (exact) mass is 170 g/mol. The molecule has 1 heterocycles. The zero-order chi connectivity index (χ0) is 8.32. The van der Waals surface area contributed by atoms with Crippen LogP contribution in [0.4, 0.5) is 0 Å². The molecule has 2 nitrogen and oxygen atoms in total. The first-order valence-electron chi connectivity index (χ1n) is 3.80. The van der Waals surface area contributed by atoms with Crippen molar-refractivity contribution >= 4 is 11.3 Å². The molecule has 11 heavy (non-hydrogen) atoms. The van der Waals surface area contributed by atoms with E-state index in [1.807, 2.05) is 5.51 Å². The summed E-state index contributed by atoms with van der Waals surface area (Å²) >= 11 is 1.62. The van der Waals surface area contributed by atoms with Crippen LogP contribution in [0.5, 0.6) is 0 Å². The van der Waals surface area contributed by atoms with Crippen molar-refractivity contribution in [2.75, 3.05) is 0 Å². The highest BCUT2D eigenvalue weighted by atomic mass is 32.1. The lowest BCUT2D eigenvalue weighted by Crippen LogP contribution is -2.37. The molecule has 0 aromatic carbocycles. The molecule has 0 radical (unpaired) electrons. The van der Waals surface area contributed by atoms with Crippen molar-refractivity contribution in [3.8, 4) is 0 Å². The number of hydrogen-bond acceptors (Lipinski definition) is 3. The summed E-state index contributed by atoms with van der Waals surface area (Å²) in [6.45, 7) is 4.17. The Kier molecular flexibility index (Phi) is 2.62. The van der Waals surface area contributed by atoms with Gasteiger partial charge in [-0.05, 0) is 13.3 Å². The summed E-state index contributed by atoms with van der Waals surface area (Å²) in [6, 6.07) is 0. The number of rotatable bonds is 3. The molecule has 1 aromatic rings. The fraction of sp³-hybridized carbons (Fsp3) is 0.625. The number of hydrogen-bond donors (Lipinski definition) is 1. The molecule has 0 aliphatic heterocycles. The maximum absolute atomic E-state index is 5.97. The summed E-state index contributed by atoms with van der Waals surface area (Å²) in [5.41, 5.74) is 8.84. The van der Waals surface area contributed by atoms with Gasteiger partial charge in [-0.3, -0.25) is 0 Å². The van der Waals surface area contributed by atoms with E-state index in [1.165, 1.54) is 0 Å². The van der Waals surface area contributed by atoms with Crippen LogP contribution in [0, 0.1) is 0 Å². The maximum Gasteiger partial charge on any atom is 0.0794 e. The van der Waals surface area contributed by atoms with E-state index in [9.17, 15) is 0 Å². The van der Waals surface area contributed by atoms with Crippen molar-refractivity contribution < 1.29 is 0 Å². The first kappa shape index (κ1) is 8.68. The Labute approximate surface area is 71.5 Å². The van der Waals surface area contributed by atoms with Gasteiger partial charge in [0.1, 0.15) is 0 Å². The Balaban J connectivity index is 2.56. The van der Waals surface area contributed by atoms with Crippen LogP contribution in [-0.4, -0.2) is 10.5 Å². The fourth-order valence-corrected chi connectivity index (χ4v) is 1.42. The Morgan fingerprint density at radius 3 is 2.91 bits per heavy atom. The smallest absolute Gasteiger partial charge is 0.0794 e. The van der Waals surface area contributed by atoms with Gasteiger partial charge in [-0.1, -0.05) is 6.92 Å². The van der Waals surface area contributed by atoms with Crippen LogP contribution < -0.4 is 5.73 Å². The molecule has 0 aliphatic rings. The van der Waals surface area contributed by atoms with Crippen molar-refractivity contribution in [1.82, 2.24) is 4.98 Å². The Morgan fingerprint density at radius 2 is 2.45 bits per heavy atom. The van der Waals surface area contributed by atoms with Gasteiger partial charge in [-0.25, -0.2) is 4.98 Å². The van der Waals surface area contributed by atoms with Crippen LogP contribution >= 0.6 is 11.3 Å². The van der Waals surface area contributed by atoms with Crippen LogP contribution in [0.15, 0.2) is 10.9 Å². The predicted molar refractivity (Wildman–Crippen MR) is 48.7 cm³/mol. The van der Waals surface area contributed by atoms with E-state index in [0.717, 1.165) is 18.5 Å². The maximum atomic E-state index is 5.97. The van der Waals surface area contributed by atoms with Gasteiger partial charge in [0.15, 0.2) is 0 Å². The van der Waals surface area contributed by atoms with Gasteiger partial charge in [0.25, 0.3) is 0 Å². The summed E-state index contributed by atoms with van der Waals surface area (Å²) in [5.74, 6) is 0. The van der Waals surface area contributed by atoms with E-state index in [1.54, 1.807) is 11.3 Å². The molecule has 0 aliphatic carbocycles. The molecule has 0 saturated carbocycles. The molecule has 1 rings (SSSR count). The second kappa shape index (κ2) is 3.32. The number of nitrogens with zero attached hydrogens (tertiary/aromatic N) is 1. The van der Waals surface area contributed by atoms with Crippen molar-refractivity contribution in [3.63, 3.8) is 0 Å². The number of nitrogens with two attached hydrogens (primary N) is 1. The van der Waals surface area contributed by atoms with E-state index < -0.39 is 0 Å². The van der Waals surface area contributed by atoms with Gasteiger partial charge >= 0.3 is 0 Å². The number of thiazole rings is 1. The van der Waals surface area contributed by atoms with Crippen molar-refractivity contribution in [1.29, 1.82) is 0 Å². The number of aromatic nitrogens is 1. The van der Waals surface area contributed by atoms with Crippen LogP contribution in [0.2, 0.25) is 0 Å². The van der Waals surface area contributed by atoms with Gasteiger partial charge < -0.3 is 5.73 Å². The van der Waals surface area contributed by atoms with E-state index >= 15 is 0 Å². The summed E-state index contributed by atoms with van der Waals surface area (Å²) in [5, 5.41) is 2.06. The highest BCUT2D eigenvalue weighted by Crippen LogP contribution is 2.13. The molecule has 0 amide bonds. The largest absolute Gasteiger partial charge is 0.325 e. The first-order chi connectivity index (χ1) is 5.14. The SMILES string of the molecule is CCC(C)(N)Cc1cscn1. The average molecular weight is 170 g/mol. The van der Waals surface area contributed by atoms with Crippen LogP contribution in [-0.2, 0) is 6.42 Å². The molecule has 2 N–H and O–H groups in total. The van der Waals surface area contributed by atoms with E-state index in [0.29, 0.717) is 0 Å². The summed E-state index contributed by atoms with van der Waals surface area (Å²) in [6.07, 6.45) is 1.87. The zero-order valence-electron chi connectivity index (χ0n) is 7.00. The Hall–Kier alpha value is -0.410. The van der Waals surface area contributed by atoms with Crippen LogP contribution in [0.25, 0.3) is 0 Å². The third-order valence-electron chi connectivity index (χ3n) is 1.88. The van der Waals surface area contributed by atoms with Crippen molar-refractivity contribution in [2.24, 2.45) is 5.73 Å². The van der Waals surface area contributed by atoms with Crippen LogP contribution in [0.1, 0.15) is 26.0 Å². The van der Waals surface area contributed by atoms with E-state index in [4.69, 9.17) is 5.73 Å². The molecule has 3 heteroatoms. The highest BCUT2D eigenvalue weighted by molar-refractivity contribution is 7.07. The standard InChI is InChI=1S/C8H14N2S/c1-3-8(2,9)4-7-5-11-6-10-7/h5-6H,3-4,9H2,1-2H3. The minimum Gasteiger partial charge on any atom is -0.325 e. The van der Waals surface area contributed by atoms with E-state index in [2.05, 4.69) is 24.2 Å². The first-order valence-corrected chi connectivity index (χ1v) is 4.74. The third-order valence-corrected chi connectivity index (χ3v) is 2.51. The van der Waals surface area contributed by atoms with Crippen LogP contribution in [0.3, 0.4) is 0 Å². The third kappa shape index (κ3) is 2.60. The minimum atomic E-state index is -0.0892. The highest BCUT2D eigenvalue weighted by Gasteiger charge is 2.16. The Bertz CT molecular complexity index is 204. The fourth-order valence-electron chi connectivity index (χ4n) is 0.864. The predicted octanol–water partition coefficient (Wildman–Crippen LogP) is 1.81. The second-order valence-corrected chi connectivity index (χ2v) is 3.88. The van der Waals surface area contributed by atoms with Gasteiger partial charge in [-0.15, -0.1) is 11.3 Å². The molecule has 0 spiro atoms. The molecule has 1 unspecified atom stereocenters. The lowest BCUT2D eigenvalue weighted by molar-refractivity contribution is 0.446. The summed E-state index contributed by atoms with van der Waals surface area (Å²) in [7, 11) is 0. The van der Waals surface area contributed by atoms with Crippen molar-refractivity contribution in [2.45, 2.75) is 32.2 Å².